The van der Waals surface area contributed by atoms with Crippen LogP contribution in [-0.4, -0.2) is 38.6 Å². The number of anilines is 2. The van der Waals surface area contributed by atoms with E-state index in [0.717, 1.165) is 36.9 Å². The Hall–Kier alpha value is -2.11. The number of hydrogen-bond acceptors (Lipinski definition) is 2. The number of piperazine rings is 1. The number of para-hydroxylation sites is 1. The zero-order valence-electron chi connectivity index (χ0n) is 13.3. The van der Waals surface area contributed by atoms with Crippen LogP contribution < -0.4 is 15.1 Å². The smallest absolute Gasteiger partial charge is 0.279 e. The summed E-state index contributed by atoms with van der Waals surface area (Å²) in [7, 11) is 0. The van der Waals surface area contributed by atoms with Crippen molar-refractivity contribution in [3.8, 4) is 0 Å². The fourth-order valence-electron chi connectivity index (χ4n) is 2.95. The Morgan fingerprint density at radius 2 is 1.92 bits per heavy atom. The van der Waals surface area contributed by atoms with E-state index >= 15 is 0 Å². The van der Waals surface area contributed by atoms with E-state index in [1.54, 1.807) is 12.1 Å². The molecule has 0 bridgehead atoms. The predicted molar refractivity (Wildman–Crippen MR) is 94.3 cm³/mol. The second-order valence-corrected chi connectivity index (χ2v) is 6.33. The number of carbonyl (C=O) groups excluding carboxylic acids is 1. The Labute approximate surface area is 145 Å². The third-order valence-corrected chi connectivity index (χ3v) is 4.50. The van der Waals surface area contributed by atoms with Crippen LogP contribution in [0, 0.1) is 5.82 Å². The van der Waals surface area contributed by atoms with Gasteiger partial charge in [-0.05, 0) is 30.3 Å². The van der Waals surface area contributed by atoms with Crippen molar-refractivity contribution in [2.75, 3.05) is 42.9 Å². The molecule has 1 aliphatic rings. The Bertz CT molecular complexity index is 717. The van der Waals surface area contributed by atoms with Crippen LogP contribution in [0.15, 0.2) is 48.5 Å². The molecule has 1 heterocycles. The van der Waals surface area contributed by atoms with E-state index in [9.17, 15) is 9.18 Å². The number of rotatable bonds is 4. The van der Waals surface area contributed by atoms with E-state index in [1.807, 2.05) is 24.3 Å². The summed E-state index contributed by atoms with van der Waals surface area (Å²) >= 11 is 6.24. The molecule has 0 aliphatic carbocycles. The molecule has 126 valence electrons. The summed E-state index contributed by atoms with van der Waals surface area (Å²) in [6, 6.07) is 13.8. The summed E-state index contributed by atoms with van der Waals surface area (Å²) in [5.74, 6) is -0.449. The molecule has 0 spiro atoms. The van der Waals surface area contributed by atoms with Crippen molar-refractivity contribution in [2.24, 2.45) is 0 Å². The van der Waals surface area contributed by atoms with E-state index in [-0.39, 0.29) is 11.7 Å². The minimum atomic E-state index is -0.353. The summed E-state index contributed by atoms with van der Waals surface area (Å²) in [6.07, 6.45) is 0. The predicted octanol–water partition coefficient (Wildman–Crippen LogP) is 1.82. The van der Waals surface area contributed by atoms with E-state index < -0.39 is 0 Å². The second-order valence-electron chi connectivity index (χ2n) is 5.92. The van der Waals surface area contributed by atoms with Gasteiger partial charge in [-0.2, -0.15) is 0 Å². The normalized spacial score (nSPS) is 15.3. The van der Waals surface area contributed by atoms with Crippen molar-refractivity contribution >= 4 is 28.9 Å². The summed E-state index contributed by atoms with van der Waals surface area (Å²) in [5, 5.41) is 3.50. The zero-order chi connectivity index (χ0) is 16.9. The van der Waals surface area contributed by atoms with Gasteiger partial charge >= 0.3 is 0 Å². The monoisotopic (exact) mass is 348 g/mol. The van der Waals surface area contributed by atoms with Crippen LogP contribution in [-0.2, 0) is 4.79 Å². The number of halogens is 2. The standard InChI is InChI=1S/C18H19ClFN3O/c19-16-6-1-2-7-17(16)23-10-8-22(9-11-23)13-18(24)21-15-5-3-4-14(20)12-15/h1-7,12H,8-11,13H2,(H,21,24)/p+1. The SMILES string of the molecule is O=C(C[NH+]1CCN(c2ccccc2Cl)CC1)Nc1cccc(F)c1. The Kier molecular flexibility index (Phi) is 5.33. The van der Waals surface area contributed by atoms with E-state index in [4.69, 9.17) is 11.6 Å². The first-order chi connectivity index (χ1) is 11.6. The van der Waals surface area contributed by atoms with Gasteiger partial charge in [0.05, 0.1) is 36.9 Å². The average molecular weight is 349 g/mol. The third kappa shape index (κ3) is 4.24. The van der Waals surface area contributed by atoms with Crippen molar-refractivity contribution in [3.05, 3.63) is 59.4 Å². The lowest BCUT2D eigenvalue weighted by Crippen LogP contribution is -3.15. The highest BCUT2D eigenvalue weighted by Gasteiger charge is 2.23. The zero-order valence-corrected chi connectivity index (χ0v) is 14.0. The first kappa shape index (κ1) is 16.7. The Morgan fingerprint density at radius 1 is 1.17 bits per heavy atom. The highest BCUT2D eigenvalue weighted by atomic mass is 35.5. The van der Waals surface area contributed by atoms with Crippen LogP contribution in [0.1, 0.15) is 0 Å². The maximum absolute atomic E-state index is 13.1. The van der Waals surface area contributed by atoms with Crippen LogP contribution in [0.5, 0.6) is 0 Å². The molecule has 4 nitrogen and oxygen atoms in total. The topological polar surface area (TPSA) is 36.8 Å². The van der Waals surface area contributed by atoms with Crippen molar-refractivity contribution in [2.45, 2.75) is 0 Å². The lowest BCUT2D eigenvalue weighted by atomic mass is 10.2. The van der Waals surface area contributed by atoms with Crippen molar-refractivity contribution in [1.82, 2.24) is 0 Å². The minimum Gasteiger partial charge on any atom is -0.359 e. The number of amides is 1. The van der Waals surface area contributed by atoms with Gasteiger partial charge in [0.1, 0.15) is 5.82 Å². The number of nitrogens with one attached hydrogen (secondary N) is 2. The summed E-state index contributed by atoms with van der Waals surface area (Å²) < 4.78 is 13.1. The number of quaternary nitrogens is 1. The maximum Gasteiger partial charge on any atom is 0.279 e. The molecule has 1 fully saturated rings. The van der Waals surface area contributed by atoms with E-state index in [2.05, 4.69) is 10.2 Å². The van der Waals surface area contributed by atoms with Gasteiger partial charge in [-0.25, -0.2) is 4.39 Å². The Balaban J connectivity index is 1.50. The molecular weight excluding hydrogens is 329 g/mol. The molecule has 0 unspecified atom stereocenters. The largest absolute Gasteiger partial charge is 0.359 e. The second kappa shape index (κ2) is 7.64. The first-order valence-electron chi connectivity index (χ1n) is 8.00. The molecule has 0 atom stereocenters. The lowest BCUT2D eigenvalue weighted by molar-refractivity contribution is -0.892. The van der Waals surface area contributed by atoms with Gasteiger partial charge in [0.25, 0.3) is 5.91 Å². The lowest BCUT2D eigenvalue weighted by Gasteiger charge is -2.33. The molecule has 0 radical (unpaired) electrons. The van der Waals surface area contributed by atoms with Crippen molar-refractivity contribution in [1.29, 1.82) is 0 Å². The first-order valence-corrected chi connectivity index (χ1v) is 8.38. The molecular formula is C18H20ClFN3O+. The van der Waals surface area contributed by atoms with Crippen LogP contribution >= 0.6 is 11.6 Å². The molecule has 0 saturated carbocycles. The summed E-state index contributed by atoms with van der Waals surface area (Å²) in [5.41, 5.74) is 1.54. The van der Waals surface area contributed by atoms with Gasteiger partial charge in [-0.1, -0.05) is 29.8 Å². The molecule has 2 N–H and O–H groups in total. The van der Waals surface area contributed by atoms with Gasteiger partial charge in [0.15, 0.2) is 6.54 Å². The summed E-state index contributed by atoms with van der Waals surface area (Å²) in [4.78, 5) is 15.6. The van der Waals surface area contributed by atoms with Crippen LogP contribution in [0.3, 0.4) is 0 Å². The van der Waals surface area contributed by atoms with Gasteiger partial charge in [-0.3, -0.25) is 4.79 Å². The van der Waals surface area contributed by atoms with Gasteiger partial charge in [0.2, 0.25) is 0 Å². The molecule has 2 aromatic carbocycles. The average Bonchev–Trinajstić information content (AvgIpc) is 2.56. The highest BCUT2D eigenvalue weighted by Crippen LogP contribution is 2.24. The molecule has 1 saturated heterocycles. The molecule has 2 aromatic rings. The molecule has 1 amide bonds. The minimum absolute atomic E-state index is 0.0956. The molecule has 1 aliphatic heterocycles. The number of benzene rings is 2. The Morgan fingerprint density at radius 3 is 2.62 bits per heavy atom. The van der Waals surface area contributed by atoms with E-state index in [1.165, 1.54) is 17.0 Å². The van der Waals surface area contributed by atoms with Crippen molar-refractivity contribution in [3.63, 3.8) is 0 Å². The number of carbonyl (C=O) groups is 1. The van der Waals surface area contributed by atoms with Gasteiger partial charge < -0.3 is 15.1 Å². The van der Waals surface area contributed by atoms with Crippen LogP contribution in [0.2, 0.25) is 5.02 Å². The molecule has 24 heavy (non-hydrogen) atoms. The number of hydrogen-bond donors (Lipinski definition) is 2. The maximum atomic E-state index is 13.1. The van der Waals surface area contributed by atoms with Crippen LogP contribution in [0.4, 0.5) is 15.8 Å². The fourth-order valence-corrected chi connectivity index (χ4v) is 3.20. The number of nitrogens with zero attached hydrogens (tertiary/aromatic N) is 1. The highest BCUT2D eigenvalue weighted by molar-refractivity contribution is 6.33. The quantitative estimate of drug-likeness (QED) is 0.884. The van der Waals surface area contributed by atoms with Gasteiger partial charge in [0, 0.05) is 5.69 Å². The summed E-state index contributed by atoms with van der Waals surface area (Å²) in [6.45, 7) is 3.81. The van der Waals surface area contributed by atoms with Gasteiger partial charge in [-0.15, -0.1) is 0 Å². The molecule has 3 rings (SSSR count). The third-order valence-electron chi connectivity index (χ3n) is 4.18. The van der Waals surface area contributed by atoms with E-state index in [0.29, 0.717) is 12.2 Å². The fraction of sp³-hybridized carbons (Fsp3) is 0.278. The molecule has 0 aromatic heterocycles. The van der Waals surface area contributed by atoms with Crippen LogP contribution in [0.25, 0.3) is 0 Å². The molecule has 6 heteroatoms. The van der Waals surface area contributed by atoms with Crippen molar-refractivity contribution < 1.29 is 14.1 Å².